The molecule has 0 unspecified atom stereocenters. The van der Waals surface area contributed by atoms with Crippen LogP contribution in [0.2, 0.25) is 0 Å². The summed E-state index contributed by atoms with van der Waals surface area (Å²) in [6, 6.07) is 6.03. The number of aliphatic imine (C=N–C) groups is 1. The molecule has 2 fully saturated rings. The number of nitrogens with zero attached hydrogens (tertiary/aromatic N) is 5. The first-order valence-electron chi connectivity index (χ1n) is 10.4. The first-order chi connectivity index (χ1) is 14.2. The summed E-state index contributed by atoms with van der Waals surface area (Å²) in [5, 5.41) is 7.57. The Morgan fingerprint density at radius 2 is 2.07 bits per heavy atom. The predicted molar refractivity (Wildman–Crippen MR) is 126 cm³/mol. The quantitative estimate of drug-likeness (QED) is 0.338. The van der Waals surface area contributed by atoms with E-state index < -0.39 is 0 Å². The van der Waals surface area contributed by atoms with Crippen LogP contribution in [-0.4, -0.2) is 65.7 Å². The van der Waals surface area contributed by atoms with Crippen LogP contribution in [-0.2, 0) is 13.1 Å². The predicted octanol–water partition coefficient (Wildman–Crippen LogP) is 2.68. The molecule has 2 aliphatic rings. The maximum atomic E-state index is 5.79. The lowest BCUT2D eigenvalue weighted by molar-refractivity contribution is 0.169. The second-order valence-corrected chi connectivity index (χ2v) is 7.85. The largest absolute Gasteiger partial charge is 0.477 e. The highest BCUT2D eigenvalue weighted by Gasteiger charge is 2.22. The summed E-state index contributed by atoms with van der Waals surface area (Å²) < 4.78 is 11.0. The Morgan fingerprint density at radius 3 is 2.73 bits per heavy atom. The van der Waals surface area contributed by atoms with Gasteiger partial charge in [-0.25, -0.2) is 4.98 Å². The Labute approximate surface area is 195 Å². The average Bonchev–Trinajstić information content (AvgIpc) is 3.49. The number of nitrogens with one attached hydrogen (secondary N) is 1. The zero-order chi connectivity index (χ0) is 20.1. The monoisotopic (exact) mass is 526 g/mol. The Bertz CT molecular complexity index is 830. The molecule has 1 N–H and O–H groups in total. The Hall–Kier alpha value is -1.88. The number of ether oxygens (including phenoxy) is 1. The number of hydrogen-bond acceptors (Lipinski definition) is 6. The molecule has 4 rings (SSSR count). The fourth-order valence-corrected chi connectivity index (χ4v) is 3.48. The molecule has 0 radical (unpaired) electrons. The molecule has 1 saturated heterocycles. The number of aryl methyl sites for hydroxylation is 1. The van der Waals surface area contributed by atoms with Crippen molar-refractivity contribution in [1.82, 2.24) is 25.3 Å². The molecule has 30 heavy (non-hydrogen) atoms. The third-order valence-electron chi connectivity index (χ3n) is 5.36. The molecule has 0 bridgehead atoms. The molecule has 0 amide bonds. The van der Waals surface area contributed by atoms with E-state index in [0.717, 1.165) is 68.2 Å². The van der Waals surface area contributed by atoms with E-state index in [2.05, 4.69) is 30.2 Å². The van der Waals surface area contributed by atoms with E-state index in [9.17, 15) is 0 Å². The second kappa shape index (κ2) is 10.9. The molecule has 1 aliphatic carbocycles. The van der Waals surface area contributed by atoms with Gasteiger partial charge in [-0.3, -0.25) is 9.89 Å². The van der Waals surface area contributed by atoms with Crippen LogP contribution in [0.25, 0.3) is 0 Å². The number of hydrogen-bond donors (Lipinski definition) is 1. The van der Waals surface area contributed by atoms with Gasteiger partial charge in [0.2, 0.25) is 5.88 Å². The third kappa shape index (κ3) is 6.56. The molecule has 2 aromatic rings. The summed E-state index contributed by atoms with van der Waals surface area (Å²) in [6.45, 7) is 8.05. The standard InChI is InChI=1S/C21H30N6O2.HI/c1-16-11-19(25-29-16)14-26-7-9-27(10-8-26)21(22-2)24-13-18-5-6-23-20(12-18)28-15-17-3-4-17;/h5-6,11-12,17H,3-4,7-10,13-15H2,1-2H3,(H,22,24);1H. The van der Waals surface area contributed by atoms with Gasteiger partial charge < -0.3 is 19.5 Å². The van der Waals surface area contributed by atoms with Crippen molar-refractivity contribution < 1.29 is 9.26 Å². The summed E-state index contributed by atoms with van der Waals surface area (Å²) >= 11 is 0. The van der Waals surface area contributed by atoms with Gasteiger partial charge in [0.05, 0.1) is 12.3 Å². The molecule has 1 saturated carbocycles. The minimum absolute atomic E-state index is 0. The third-order valence-corrected chi connectivity index (χ3v) is 5.36. The Morgan fingerprint density at radius 1 is 1.27 bits per heavy atom. The van der Waals surface area contributed by atoms with Crippen molar-refractivity contribution in [1.29, 1.82) is 0 Å². The van der Waals surface area contributed by atoms with Gasteiger partial charge in [-0.1, -0.05) is 5.16 Å². The molecule has 1 aliphatic heterocycles. The van der Waals surface area contributed by atoms with Crippen molar-refractivity contribution in [3.63, 3.8) is 0 Å². The topological polar surface area (TPSA) is 79.0 Å². The summed E-state index contributed by atoms with van der Waals surface area (Å²) in [6.07, 6.45) is 4.37. The SMILES string of the molecule is CN=C(NCc1ccnc(OCC2CC2)c1)N1CCN(Cc2cc(C)on2)CC1.I. The van der Waals surface area contributed by atoms with E-state index in [1.165, 1.54) is 12.8 Å². The van der Waals surface area contributed by atoms with E-state index in [1.54, 1.807) is 0 Å². The van der Waals surface area contributed by atoms with Gasteiger partial charge in [-0.2, -0.15) is 0 Å². The van der Waals surface area contributed by atoms with E-state index in [-0.39, 0.29) is 24.0 Å². The molecule has 2 aromatic heterocycles. The van der Waals surface area contributed by atoms with E-state index >= 15 is 0 Å². The van der Waals surface area contributed by atoms with E-state index in [0.29, 0.717) is 12.4 Å². The molecule has 3 heterocycles. The lowest BCUT2D eigenvalue weighted by Crippen LogP contribution is -2.52. The first-order valence-corrected chi connectivity index (χ1v) is 10.4. The van der Waals surface area contributed by atoms with Crippen molar-refractivity contribution in [3.8, 4) is 5.88 Å². The Balaban J connectivity index is 0.00000256. The highest BCUT2D eigenvalue weighted by Crippen LogP contribution is 2.29. The average molecular weight is 526 g/mol. The van der Waals surface area contributed by atoms with Crippen molar-refractivity contribution >= 4 is 29.9 Å². The number of aromatic nitrogens is 2. The number of rotatable bonds is 7. The van der Waals surface area contributed by atoms with E-state index in [1.807, 2.05) is 38.4 Å². The maximum absolute atomic E-state index is 5.79. The minimum Gasteiger partial charge on any atom is -0.477 e. The van der Waals surface area contributed by atoms with Crippen molar-refractivity contribution in [2.75, 3.05) is 39.8 Å². The van der Waals surface area contributed by atoms with Crippen LogP contribution in [0, 0.1) is 12.8 Å². The van der Waals surface area contributed by atoms with Gasteiger partial charge in [0.15, 0.2) is 5.96 Å². The zero-order valence-corrected chi connectivity index (χ0v) is 20.0. The van der Waals surface area contributed by atoms with Gasteiger partial charge in [0, 0.05) is 64.6 Å². The van der Waals surface area contributed by atoms with E-state index in [4.69, 9.17) is 9.26 Å². The van der Waals surface area contributed by atoms with Crippen LogP contribution < -0.4 is 10.1 Å². The van der Waals surface area contributed by atoms with Crippen LogP contribution in [0.4, 0.5) is 0 Å². The maximum Gasteiger partial charge on any atom is 0.213 e. The highest BCUT2D eigenvalue weighted by molar-refractivity contribution is 14.0. The molecular formula is C21H31IN6O2. The van der Waals surface area contributed by atoms with Crippen molar-refractivity contribution in [2.45, 2.75) is 32.9 Å². The molecule has 0 atom stereocenters. The van der Waals surface area contributed by atoms with Crippen LogP contribution >= 0.6 is 24.0 Å². The number of piperazine rings is 1. The molecular weight excluding hydrogens is 495 g/mol. The lowest BCUT2D eigenvalue weighted by Gasteiger charge is -2.36. The van der Waals surface area contributed by atoms with Crippen molar-refractivity contribution in [3.05, 3.63) is 41.4 Å². The Kier molecular flexibility index (Phi) is 8.32. The fraction of sp³-hybridized carbons (Fsp3) is 0.571. The van der Waals surface area contributed by atoms with Gasteiger partial charge in [0.25, 0.3) is 0 Å². The fourth-order valence-electron chi connectivity index (χ4n) is 3.48. The normalized spacial score (nSPS) is 17.5. The van der Waals surface area contributed by atoms with Gasteiger partial charge in [0.1, 0.15) is 5.76 Å². The molecule has 8 nitrogen and oxygen atoms in total. The van der Waals surface area contributed by atoms with Gasteiger partial charge in [-0.15, -0.1) is 24.0 Å². The van der Waals surface area contributed by atoms with Crippen molar-refractivity contribution in [2.24, 2.45) is 10.9 Å². The number of halogens is 1. The molecule has 164 valence electrons. The summed E-state index contributed by atoms with van der Waals surface area (Å²) in [5.74, 6) is 3.23. The van der Waals surface area contributed by atoms with Crippen LogP contribution in [0.5, 0.6) is 5.88 Å². The van der Waals surface area contributed by atoms with Gasteiger partial charge >= 0.3 is 0 Å². The molecule has 0 aromatic carbocycles. The summed E-state index contributed by atoms with van der Waals surface area (Å²) in [5.41, 5.74) is 2.14. The summed E-state index contributed by atoms with van der Waals surface area (Å²) in [4.78, 5) is 13.5. The number of pyridine rings is 1. The van der Waals surface area contributed by atoms with Crippen LogP contribution in [0.3, 0.4) is 0 Å². The molecule has 0 spiro atoms. The highest BCUT2D eigenvalue weighted by atomic mass is 127. The second-order valence-electron chi connectivity index (χ2n) is 7.85. The lowest BCUT2D eigenvalue weighted by atomic mass is 10.2. The van der Waals surface area contributed by atoms with Crippen LogP contribution in [0.15, 0.2) is 33.9 Å². The number of guanidine groups is 1. The summed E-state index contributed by atoms with van der Waals surface area (Å²) in [7, 11) is 1.84. The minimum atomic E-state index is 0. The smallest absolute Gasteiger partial charge is 0.213 e. The molecule has 9 heteroatoms. The first kappa shape index (κ1) is 22.8. The van der Waals surface area contributed by atoms with Gasteiger partial charge in [-0.05, 0) is 37.3 Å². The van der Waals surface area contributed by atoms with Crippen LogP contribution in [0.1, 0.15) is 29.9 Å². The zero-order valence-electron chi connectivity index (χ0n) is 17.7.